The molecule has 0 saturated carbocycles. The molecule has 0 amide bonds. The minimum atomic E-state index is 0.234. The molecule has 1 rings (SSSR count). The summed E-state index contributed by atoms with van der Waals surface area (Å²) in [5, 5.41) is 7.29. The summed E-state index contributed by atoms with van der Waals surface area (Å²) in [5.74, 6) is 1.30. The molecule has 0 bridgehead atoms. The Labute approximate surface area is 104 Å². The predicted molar refractivity (Wildman–Crippen MR) is 67.6 cm³/mol. The summed E-state index contributed by atoms with van der Waals surface area (Å²) in [6.07, 6.45) is 0.234. The van der Waals surface area contributed by atoms with E-state index >= 15 is 0 Å². The van der Waals surface area contributed by atoms with Crippen molar-refractivity contribution in [3.63, 3.8) is 0 Å². The first kappa shape index (κ1) is 14.2. The molecule has 0 spiro atoms. The second-order valence-corrected chi connectivity index (χ2v) is 5.08. The number of aromatic nitrogens is 1. The highest BCUT2D eigenvalue weighted by Crippen LogP contribution is 2.10. The molecule has 1 heterocycles. The summed E-state index contributed by atoms with van der Waals surface area (Å²) in [5.41, 5.74) is 0.925. The summed E-state index contributed by atoms with van der Waals surface area (Å²) in [6.45, 7) is 11.8. The minimum Gasteiger partial charge on any atom is -0.370 e. The molecule has 4 heteroatoms. The smallest absolute Gasteiger partial charge is 0.162 e. The molecule has 0 aliphatic carbocycles. The number of hydrogen-bond acceptors (Lipinski definition) is 4. The van der Waals surface area contributed by atoms with Crippen LogP contribution in [0.3, 0.4) is 0 Å². The Hall–Kier alpha value is -0.870. The molecule has 1 aromatic heterocycles. The molecule has 0 fully saturated rings. The SMILES string of the molecule is CC(C)NCc1cc(COC(C)C(C)C)on1. The molecule has 1 N–H and O–H groups in total. The van der Waals surface area contributed by atoms with Crippen LogP contribution in [0.2, 0.25) is 0 Å². The van der Waals surface area contributed by atoms with Crippen molar-refractivity contribution in [3.8, 4) is 0 Å². The van der Waals surface area contributed by atoms with E-state index < -0.39 is 0 Å². The topological polar surface area (TPSA) is 47.3 Å². The second-order valence-electron chi connectivity index (χ2n) is 5.08. The van der Waals surface area contributed by atoms with Gasteiger partial charge < -0.3 is 14.6 Å². The minimum absolute atomic E-state index is 0.234. The van der Waals surface area contributed by atoms with Crippen LogP contribution in [-0.4, -0.2) is 17.3 Å². The zero-order chi connectivity index (χ0) is 12.8. The van der Waals surface area contributed by atoms with Crippen LogP contribution in [0.4, 0.5) is 0 Å². The van der Waals surface area contributed by atoms with Crippen LogP contribution in [0.15, 0.2) is 10.6 Å². The molecular formula is C13H24N2O2. The molecule has 0 aliphatic rings. The van der Waals surface area contributed by atoms with Crippen molar-refractivity contribution in [2.75, 3.05) is 0 Å². The average molecular weight is 240 g/mol. The van der Waals surface area contributed by atoms with E-state index in [0.29, 0.717) is 18.6 Å². The van der Waals surface area contributed by atoms with Gasteiger partial charge in [0, 0.05) is 18.7 Å². The van der Waals surface area contributed by atoms with E-state index in [4.69, 9.17) is 9.26 Å². The number of rotatable bonds is 7. The number of ether oxygens (including phenoxy) is 1. The Morgan fingerprint density at radius 3 is 2.59 bits per heavy atom. The van der Waals surface area contributed by atoms with Gasteiger partial charge >= 0.3 is 0 Å². The number of nitrogens with one attached hydrogen (secondary N) is 1. The van der Waals surface area contributed by atoms with Gasteiger partial charge in [-0.25, -0.2) is 0 Å². The third-order valence-corrected chi connectivity index (χ3v) is 2.73. The van der Waals surface area contributed by atoms with Gasteiger partial charge in [-0.2, -0.15) is 0 Å². The van der Waals surface area contributed by atoms with Gasteiger partial charge in [-0.1, -0.05) is 32.9 Å². The molecule has 1 aromatic rings. The molecule has 17 heavy (non-hydrogen) atoms. The summed E-state index contributed by atoms with van der Waals surface area (Å²) < 4.78 is 10.9. The van der Waals surface area contributed by atoms with Gasteiger partial charge in [0.25, 0.3) is 0 Å². The van der Waals surface area contributed by atoms with Crippen molar-refractivity contribution in [1.29, 1.82) is 0 Å². The molecule has 4 nitrogen and oxygen atoms in total. The first-order chi connectivity index (χ1) is 7.99. The lowest BCUT2D eigenvalue weighted by atomic mass is 10.1. The maximum absolute atomic E-state index is 5.67. The van der Waals surface area contributed by atoms with Crippen molar-refractivity contribution >= 4 is 0 Å². The molecule has 0 saturated heterocycles. The second kappa shape index (κ2) is 6.77. The van der Waals surface area contributed by atoms with E-state index in [-0.39, 0.29) is 6.10 Å². The predicted octanol–water partition coefficient (Wildman–Crippen LogP) is 2.73. The highest BCUT2D eigenvalue weighted by atomic mass is 16.5. The summed E-state index contributed by atoms with van der Waals surface area (Å²) >= 11 is 0. The third kappa shape index (κ3) is 5.33. The summed E-state index contributed by atoms with van der Waals surface area (Å²) in [6, 6.07) is 2.40. The summed E-state index contributed by atoms with van der Waals surface area (Å²) in [7, 11) is 0. The van der Waals surface area contributed by atoms with Gasteiger partial charge in [-0.3, -0.25) is 0 Å². The molecule has 0 radical (unpaired) electrons. The molecule has 1 atom stereocenters. The van der Waals surface area contributed by atoms with Crippen LogP contribution >= 0.6 is 0 Å². The molecular weight excluding hydrogens is 216 g/mol. The van der Waals surface area contributed by atoms with Gasteiger partial charge in [0.05, 0.1) is 11.8 Å². The largest absolute Gasteiger partial charge is 0.370 e. The normalized spacial score (nSPS) is 13.6. The molecule has 0 aromatic carbocycles. The van der Waals surface area contributed by atoms with Crippen LogP contribution in [0.5, 0.6) is 0 Å². The maximum Gasteiger partial charge on any atom is 0.162 e. The van der Waals surface area contributed by atoms with Crippen molar-refractivity contribution in [2.24, 2.45) is 5.92 Å². The van der Waals surface area contributed by atoms with E-state index in [0.717, 1.165) is 18.0 Å². The zero-order valence-electron chi connectivity index (χ0n) is 11.5. The zero-order valence-corrected chi connectivity index (χ0v) is 11.5. The van der Waals surface area contributed by atoms with Crippen LogP contribution in [0.25, 0.3) is 0 Å². The van der Waals surface area contributed by atoms with Crippen molar-refractivity contribution in [3.05, 3.63) is 17.5 Å². The Kier molecular flexibility index (Phi) is 5.65. The highest BCUT2D eigenvalue weighted by molar-refractivity contribution is 5.04. The molecule has 98 valence electrons. The van der Waals surface area contributed by atoms with E-state index in [1.807, 2.05) is 6.07 Å². The van der Waals surface area contributed by atoms with E-state index in [1.54, 1.807) is 0 Å². The summed E-state index contributed by atoms with van der Waals surface area (Å²) in [4.78, 5) is 0. The van der Waals surface area contributed by atoms with Crippen LogP contribution in [-0.2, 0) is 17.9 Å². The lowest BCUT2D eigenvalue weighted by Gasteiger charge is -2.14. The van der Waals surface area contributed by atoms with Gasteiger partial charge in [0.2, 0.25) is 0 Å². The van der Waals surface area contributed by atoms with E-state index in [2.05, 4.69) is 45.1 Å². The van der Waals surface area contributed by atoms with E-state index in [1.165, 1.54) is 0 Å². The first-order valence-electron chi connectivity index (χ1n) is 6.28. The lowest BCUT2D eigenvalue weighted by Crippen LogP contribution is -2.21. The van der Waals surface area contributed by atoms with Crippen LogP contribution < -0.4 is 5.32 Å². The maximum atomic E-state index is 5.67. The Morgan fingerprint density at radius 2 is 2.00 bits per heavy atom. The number of hydrogen-bond donors (Lipinski definition) is 1. The molecule has 1 unspecified atom stereocenters. The van der Waals surface area contributed by atoms with Crippen molar-refractivity contribution in [1.82, 2.24) is 10.5 Å². The van der Waals surface area contributed by atoms with Crippen molar-refractivity contribution < 1.29 is 9.26 Å². The Morgan fingerprint density at radius 1 is 1.29 bits per heavy atom. The van der Waals surface area contributed by atoms with Gasteiger partial charge in [-0.15, -0.1) is 0 Å². The van der Waals surface area contributed by atoms with Gasteiger partial charge in [-0.05, 0) is 12.8 Å². The standard InChI is InChI=1S/C13H24N2O2/c1-9(2)11(5)16-8-13-6-12(15-17-13)7-14-10(3)4/h6,9-11,14H,7-8H2,1-5H3. The monoisotopic (exact) mass is 240 g/mol. The number of nitrogens with zero attached hydrogens (tertiary/aromatic N) is 1. The van der Waals surface area contributed by atoms with Crippen LogP contribution in [0.1, 0.15) is 46.1 Å². The quantitative estimate of drug-likeness (QED) is 0.796. The Balaban J connectivity index is 2.35. The van der Waals surface area contributed by atoms with Crippen molar-refractivity contribution in [2.45, 2.75) is 59.9 Å². The lowest BCUT2D eigenvalue weighted by molar-refractivity contribution is 0.0127. The fourth-order valence-corrected chi connectivity index (χ4v) is 1.22. The third-order valence-electron chi connectivity index (χ3n) is 2.73. The van der Waals surface area contributed by atoms with Gasteiger partial charge in [0.1, 0.15) is 6.61 Å². The van der Waals surface area contributed by atoms with Gasteiger partial charge in [0.15, 0.2) is 5.76 Å². The van der Waals surface area contributed by atoms with E-state index in [9.17, 15) is 0 Å². The average Bonchev–Trinajstić information content (AvgIpc) is 2.70. The molecule has 0 aliphatic heterocycles. The Bertz CT molecular complexity index is 321. The highest BCUT2D eigenvalue weighted by Gasteiger charge is 2.10. The first-order valence-corrected chi connectivity index (χ1v) is 6.28. The fourth-order valence-electron chi connectivity index (χ4n) is 1.22. The van der Waals surface area contributed by atoms with Crippen LogP contribution in [0, 0.1) is 5.92 Å². The fraction of sp³-hybridized carbons (Fsp3) is 0.769.